The molecule has 5 atom stereocenters. The van der Waals surface area contributed by atoms with E-state index in [1.165, 1.54) is 19.4 Å². The highest BCUT2D eigenvalue weighted by atomic mass is 16.4. The first-order valence-corrected chi connectivity index (χ1v) is 11.1. The summed E-state index contributed by atoms with van der Waals surface area (Å²) >= 11 is 0. The van der Waals surface area contributed by atoms with Crippen LogP contribution in [0.5, 0.6) is 0 Å². The van der Waals surface area contributed by atoms with Crippen molar-refractivity contribution in [1.29, 1.82) is 0 Å². The number of H-pyrrole nitrogens is 1. The van der Waals surface area contributed by atoms with Crippen LogP contribution < -0.4 is 21.7 Å². The number of rotatable bonds is 15. The Bertz CT molecular complexity index is 873. The van der Waals surface area contributed by atoms with Crippen LogP contribution >= 0.6 is 0 Å². The lowest BCUT2D eigenvalue weighted by molar-refractivity contribution is -0.144. The van der Waals surface area contributed by atoms with Crippen LogP contribution in [0.4, 0.5) is 0 Å². The molecule has 0 aromatic carbocycles. The van der Waals surface area contributed by atoms with Crippen LogP contribution in [0.25, 0.3) is 0 Å². The lowest BCUT2D eigenvalue weighted by atomic mass is 10.0. The van der Waals surface area contributed by atoms with Gasteiger partial charge in [0.15, 0.2) is 0 Å². The molecule has 1 heterocycles. The van der Waals surface area contributed by atoms with E-state index in [2.05, 4.69) is 25.9 Å². The monoisotopic (exact) mass is 498 g/mol. The molecule has 196 valence electrons. The molecule has 14 heteroatoms. The number of aliphatic carboxylic acids is 2. The maximum atomic E-state index is 13.0. The molecule has 0 fully saturated rings. The summed E-state index contributed by atoms with van der Waals surface area (Å²) in [6, 6.07) is -5.21. The number of imidazole rings is 1. The van der Waals surface area contributed by atoms with Crippen molar-refractivity contribution in [1.82, 2.24) is 25.9 Å². The molecule has 1 rings (SSSR count). The summed E-state index contributed by atoms with van der Waals surface area (Å²) in [6.07, 6.45) is 0.804. The number of aromatic amines is 1. The van der Waals surface area contributed by atoms with Gasteiger partial charge in [0.05, 0.1) is 18.5 Å². The number of aliphatic hydroxyl groups excluding tert-OH is 1. The van der Waals surface area contributed by atoms with Gasteiger partial charge < -0.3 is 42.0 Å². The Morgan fingerprint density at radius 3 is 2.11 bits per heavy atom. The van der Waals surface area contributed by atoms with Gasteiger partial charge in [0.1, 0.15) is 18.1 Å². The predicted molar refractivity (Wildman–Crippen MR) is 122 cm³/mol. The number of amides is 3. The highest BCUT2D eigenvalue weighted by Crippen LogP contribution is 2.06. The zero-order valence-electron chi connectivity index (χ0n) is 19.9. The molecular formula is C21H34N6O8. The van der Waals surface area contributed by atoms with Crippen LogP contribution in [0.2, 0.25) is 0 Å². The number of aliphatic hydroxyl groups is 1. The second kappa shape index (κ2) is 14.0. The van der Waals surface area contributed by atoms with Crippen LogP contribution in [0.15, 0.2) is 12.5 Å². The highest BCUT2D eigenvalue weighted by molar-refractivity contribution is 5.94. The number of nitrogens with one attached hydrogen (secondary N) is 4. The summed E-state index contributed by atoms with van der Waals surface area (Å²) in [5.74, 6) is -5.05. The normalized spacial score (nSPS) is 15.4. The predicted octanol–water partition coefficient (Wildman–Crippen LogP) is -1.89. The van der Waals surface area contributed by atoms with Crippen LogP contribution in [0.1, 0.15) is 45.7 Å². The van der Waals surface area contributed by atoms with Gasteiger partial charge in [-0.3, -0.25) is 19.2 Å². The van der Waals surface area contributed by atoms with E-state index in [0.717, 1.165) is 0 Å². The van der Waals surface area contributed by atoms with Crippen LogP contribution in [-0.4, -0.2) is 85.2 Å². The smallest absolute Gasteiger partial charge is 0.326 e. The zero-order chi connectivity index (χ0) is 26.7. The molecule has 9 N–H and O–H groups in total. The number of nitrogens with zero attached hydrogens (tertiary/aromatic N) is 1. The lowest BCUT2D eigenvalue weighted by Crippen LogP contribution is -2.60. The van der Waals surface area contributed by atoms with Crippen molar-refractivity contribution < 1.29 is 39.3 Å². The molecule has 1 aromatic heterocycles. The Hall–Kier alpha value is -3.52. The first kappa shape index (κ1) is 29.5. The number of aromatic nitrogens is 2. The van der Waals surface area contributed by atoms with Crippen molar-refractivity contribution in [2.24, 2.45) is 11.7 Å². The van der Waals surface area contributed by atoms with E-state index < -0.39 is 72.8 Å². The second-order valence-electron chi connectivity index (χ2n) is 8.64. The largest absolute Gasteiger partial charge is 0.481 e. The molecule has 0 aliphatic carbocycles. The van der Waals surface area contributed by atoms with Crippen molar-refractivity contribution in [3.63, 3.8) is 0 Å². The van der Waals surface area contributed by atoms with E-state index >= 15 is 0 Å². The minimum atomic E-state index is -1.58. The summed E-state index contributed by atoms with van der Waals surface area (Å²) in [5, 5.41) is 35.1. The molecule has 0 aliphatic heterocycles. The number of hydrogen-bond donors (Lipinski definition) is 8. The molecule has 0 bridgehead atoms. The topological polar surface area (TPSA) is 237 Å². The van der Waals surface area contributed by atoms with Crippen molar-refractivity contribution in [3.05, 3.63) is 18.2 Å². The van der Waals surface area contributed by atoms with Gasteiger partial charge in [0, 0.05) is 24.7 Å². The zero-order valence-corrected chi connectivity index (χ0v) is 19.9. The third-order valence-corrected chi connectivity index (χ3v) is 5.00. The molecule has 3 amide bonds. The summed E-state index contributed by atoms with van der Waals surface area (Å²) in [4.78, 5) is 67.0. The van der Waals surface area contributed by atoms with Gasteiger partial charge in [-0.25, -0.2) is 9.78 Å². The Labute approximate surface area is 202 Å². The summed E-state index contributed by atoms with van der Waals surface area (Å²) in [6.45, 7) is 4.97. The first-order chi connectivity index (χ1) is 16.3. The summed E-state index contributed by atoms with van der Waals surface area (Å²) < 4.78 is 0. The van der Waals surface area contributed by atoms with Crippen molar-refractivity contribution in [2.45, 2.75) is 76.7 Å². The molecule has 35 heavy (non-hydrogen) atoms. The summed E-state index contributed by atoms with van der Waals surface area (Å²) in [7, 11) is 0. The van der Waals surface area contributed by atoms with Gasteiger partial charge in [-0.1, -0.05) is 13.8 Å². The average molecular weight is 499 g/mol. The second-order valence-corrected chi connectivity index (χ2v) is 8.64. The fourth-order valence-corrected chi connectivity index (χ4v) is 3.16. The van der Waals surface area contributed by atoms with Crippen molar-refractivity contribution in [2.75, 3.05) is 0 Å². The van der Waals surface area contributed by atoms with Crippen LogP contribution in [-0.2, 0) is 30.4 Å². The van der Waals surface area contributed by atoms with Gasteiger partial charge in [0.25, 0.3) is 0 Å². The lowest BCUT2D eigenvalue weighted by Gasteiger charge is -2.26. The van der Waals surface area contributed by atoms with Crippen molar-refractivity contribution >= 4 is 29.7 Å². The van der Waals surface area contributed by atoms with Gasteiger partial charge in [-0.15, -0.1) is 0 Å². The van der Waals surface area contributed by atoms with E-state index in [1.807, 2.05) is 13.8 Å². The fourth-order valence-electron chi connectivity index (χ4n) is 3.16. The third kappa shape index (κ3) is 10.5. The third-order valence-electron chi connectivity index (χ3n) is 5.00. The Morgan fingerprint density at radius 1 is 1.00 bits per heavy atom. The quantitative estimate of drug-likeness (QED) is 0.134. The molecule has 14 nitrogen and oxygen atoms in total. The van der Waals surface area contributed by atoms with E-state index in [9.17, 15) is 34.2 Å². The van der Waals surface area contributed by atoms with Gasteiger partial charge >= 0.3 is 11.9 Å². The molecular weight excluding hydrogens is 464 g/mol. The van der Waals surface area contributed by atoms with Gasteiger partial charge in [-0.2, -0.15) is 0 Å². The Balaban J connectivity index is 3.00. The van der Waals surface area contributed by atoms with Crippen LogP contribution in [0.3, 0.4) is 0 Å². The number of hydrogen-bond acceptors (Lipinski definition) is 8. The maximum absolute atomic E-state index is 13.0. The number of carboxylic acid groups (broad SMARTS) is 2. The molecule has 5 unspecified atom stereocenters. The number of nitrogens with two attached hydrogens (primary N) is 1. The number of carboxylic acids is 2. The fraction of sp³-hybridized carbons (Fsp3) is 0.619. The SMILES string of the molecule is CC(C)CC(N)C(=O)NC(Cc1cnc[nH]1)C(=O)NC(C(=O)NC(CCC(=O)O)C(=O)O)C(C)O. The van der Waals surface area contributed by atoms with Crippen LogP contribution in [0, 0.1) is 5.92 Å². The Morgan fingerprint density at radius 2 is 1.63 bits per heavy atom. The first-order valence-electron chi connectivity index (χ1n) is 11.1. The highest BCUT2D eigenvalue weighted by Gasteiger charge is 2.33. The minimum absolute atomic E-state index is 0.0313. The average Bonchev–Trinajstić information content (AvgIpc) is 3.26. The molecule has 1 aromatic rings. The van der Waals surface area contributed by atoms with Crippen molar-refractivity contribution in [3.8, 4) is 0 Å². The molecule has 0 spiro atoms. The molecule has 0 saturated carbocycles. The number of carbonyl (C=O) groups is 5. The molecule has 0 radical (unpaired) electrons. The Kier molecular flexibility index (Phi) is 11.8. The standard InChI is InChI=1S/C21H34N6O8/c1-10(2)6-13(22)18(31)26-15(7-12-8-23-9-24-12)19(32)27-17(11(3)28)20(33)25-14(21(34)35)4-5-16(29)30/h8-11,13-15,17,28H,4-7,22H2,1-3H3,(H,23,24)(H,25,33)(H,26,31)(H,27,32)(H,29,30)(H,34,35). The van der Waals surface area contributed by atoms with Gasteiger partial charge in [-0.05, 0) is 25.7 Å². The molecule has 0 saturated heterocycles. The van der Waals surface area contributed by atoms with Gasteiger partial charge in [0.2, 0.25) is 17.7 Å². The van der Waals surface area contributed by atoms with E-state index in [-0.39, 0.29) is 12.3 Å². The van der Waals surface area contributed by atoms with E-state index in [4.69, 9.17) is 10.8 Å². The van der Waals surface area contributed by atoms with E-state index in [0.29, 0.717) is 12.1 Å². The summed E-state index contributed by atoms with van der Waals surface area (Å²) in [5.41, 5.74) is 6.41. The number of carbonyl (C=O) groups excluding carboxylic acids is 3. The maximum Gasteiger partial charge on any atom is 0.326 e. The molecule has 0 aliphatic rings. The van der Waals surface area contributed by atoms with E-state index in [1.54, 1.807) is 0 Å². The minimum Gasteiger partial charge on any atom is -0.481 e.